The van der Waals surface area contributed by atoms with Crippen LogP contribution in [0.5, 0.6) is 0 Å². The van der Waals surface area contributed by atoms with Crippen molar-refractivity contribution in [2.45, 2.75) is 62.7 Å². The molecule has 0 spiro atoms. The van der Waals surface area contributed by atoms with Gasteiger partial charge in [0.1, 0.15) is 18.0 Å². The van der Waals surface area contributed by atoms with Gasteiger partial charge in [0.15, 0.2) is 0 Å². The quantitative estimate of drug-likeness (QED) is 0.356. The number of aliphatic hydroxyl groups is 1. The maximum atomic E-state index is 14.4. The number of nitrogens with zero attached hydrogens (tertiary/aromatic N) is 5. The van der Waals surface area contributed by atoms with Crippen LogP contribution in [0.15, 0.2) is 30.6 Å². The van der Waals surface area contributed by atoms with E-state index in [4.69, 9.17) is 9.72 Å². The third kappa shape index (κ3) is 5.33. The van der Waals surface area contributed by atoms with Crippen LogP contribution in [0.4, 0.5) is 19.0 Å². The molecule has 12 heteroatoms. The van der Waals surface area contributed by atoms with E-state index < -0.39 is 23.7 Å². The molecule has 4 heterocycles. The minimum atomic E-state index is -4.67. The Morgan fingerprint density at radius 1 is 1.12 bits per heavy atom. The van der Waals surface area contributed by atoms with Crippen molar-refractivity contribution in [3.63, 3.8) is 0 Å². The lowest BCUT2D eigenvalue weighted by atomic mass is 9.83. The number of fused-ring (bicyclic) bond motifs is 1. The van der Waals surface area contributed by atoms with E-state index in [9.17, 15) is 23.1 Å². The summed E-state index contributed by atoms with van der Waals surface area (Å²) in [6.45, 7) is 1.12. The molecule has 2 atom stereocenters. The number of halogens is 3. The SMILES string of the molecule is Cn1cnnc1[C@@H](c1cc(C2CC2)nc(N2Cc3c(cc([C@H](CO)NCC4CCC4)cc3C(F)(F)F)C2=O)c1)C1COC1. The second-order valence-corrected chi connectivity index (χ2v) is 12.5. The Bertz CT molecular complexity index is 1530. The van der Waals surface area contributed by atoms with Crippen LogP contribution in [0.2, 0.25) is 0 Å². The molecule has 7 rings (SSSR count). The minimum absolute atomic E-state index is 0.00568. The third-order valence-corrected chi connectivity index (χ3v) is 9.48. The van der Waals surface area contributed by atoms with E-state index >= 15 is 0 Å². The van der Waals surface area contributed by atoms with Crippen LogP contribution in [0.25, 0.3) is 0 Å². The van der Waals surface area contributed by atoms with Crippen molar-refractivity contribution in [1.29, 1.82) is 0 Å². The average Bonchev–Trinajstić information content (AvgIpc) is 3.62. The summed E-state index contributed by atoms with van der Waals surface area (Å²) < 4.78 is 50.7. The number of aromatic nitrogens is 4. The van der Waals surface area contributed by atoms with Gasteiger partial charge in [-0.2, -0.15) is 13.2 Å². The first kappa shape index (κ1) is 28.4. The summed E-state index contributed by atoms with van der Waals surface area (Å²) in [5.74, 6) is 1.27. The first-order valence-electron chi connectivity index (χ1n) is 15.0. The van der Waals surface area contributed by atoms with Crippen molar-refractivity contribution in [3.05, 3.63) is 69.9 Å². The Morgan fingerprint density at radius 3 is 2.49 bits per heavy atom. The molecule has 2 aliphatic heterocycles. The van der Waals surface area contributed by atoms with Gasteiger partial charge in [0, 0.05) is 30.1 Å². The van der Waals surface area contributed by atoms with Gasteiger partial charge in [-0.1, -0.05) is 6.42 Å². The summed E-state index contributed by atoms with van der Waals surface area (Å²) in [6, 6.07) is 5.77. The molecule has 2 saturated carbocycles. The molecular formula is C31H35F3N6O3. The molecule has 9 nitrogen and oxygen atoms in total. The van der Waals surface area contributed by atoms with Crippen molar-refractivity contribution >= 4 is 11.7 Å². The minimum Gasteiger partial charge on any atom is -0.394 e. The maximum Gasteiger partial charge on any atom is 0.416 e. The topological polar surface area (TPSA) is 105 Å². The number of ether oxygens (including phenoxy) is 1. The van der Waals surface area contributed by atoms with Gasteiger partial charge < -0.3 is 19.7 Å². The largest absolute Gasteiger partial charge is 0.416 e. The van der Waals surface area contributed by atoms with Gasteiger partial charge in [-0.3, -0.25) is 9.69 Å². The number of nitrogens with one attached hydrogen (secondary N) is 1. The average molecular weight is 597 g/mol. The van der Waals surface area contributed by atoms with E-state index in [1.165, 1.54) is 11.0 Å². The first-order valence-corrected chi connectivity index (χ1v) is 15.0. The van der Waals surface area contributed by atoms with Gasteiger partial charge in [0.2, 0.25) is 0 Å². The van der Waals surface area contributed by atoms with Crippen molar-refractivity contribution in [1.82, 2.24) is 25.1 Å². The molecule has 3 fully saturated rings. The van der Waals surface area contributed by atoms with Crippen molar-refractivity contribution in [2.24, 2.45) is 18.9 Å². The molecule has 1 aromatic carbocycles. The molecule has 1 amide bonds. The maximum absolute atomic E-state index is 14.4. The summed E-state index contributed by atoms with van der Waals surface area (Å²) >= 11 is 0. The number of amides is 1. The third-order valence-electron chi connectivity index (χ3n) is 9.48. The predicted octanol–water partition coefficient (Wildman–Crippen LogP) is 4.47. The number of rotatable bonds is 10. The smallest absolute Gasteiger partial charge is 0.394 e. The fourth-order valence-corrected chi connectivity index (χ4v) is 6.48. The number of pyridine rings is 1. The Kier molecular flexibility index (Phi) is 7.26. The van der Waals surface area contributed by atoms with Crippen molar-refractivity contribution in [3.8, 4) is 0 Å². The number of anilines is 1. The lowest BCUT2D eigenvalue weighted by Crippen LogP contribution is -2.35. The number of carbonyl (C=O) groups excluding carboxylic acids is 1. The lowest BCUT2D eigenvalue weighted by molar-refractivity contribution is -0.138. The van der Waals surface area contributed by atoms with Gasteiger partial charge >= 0.3 is 6.18 Å². The molecule has 2 N–H and O–H groups in total. The van der Waals surface area contributed by atoms with Gasteiger partial charge in [0.05, 0.1) is 43.9 Å². The Hall–Kier alpha value is -3.35. The highest BCUT2D eigenvalue weighted by molar-refractivity contribution is 6.10. The van der Waals surface area contributed by atoms with Crippen LogP contribution >= 0.6 is 0 Å². The summed E-state index contributed by atoms with van der Waals surface area (Å²) in [7, 11) is 1.88. The van der Waals surface area contributed by atoms with Crippen molar-refractivity contribution in [2.75, 3.05) is 31.3 Å². The highest BCUT2D eigenvalue weighted by atomic mass is 19.4. The fraction of sp³-hybridized carbons (Fsp3) is 0.548. The van der Waals surface area contributed by atoms with E-state index in [1.54, 1.807) is 6.33 Å². The van der Waals surface area contributed by atoms with Crippen LogP contribution in [-0.4, -0.2) is 57.1 Å². The standard InChI is InChI=1S/C31H35F3N6O3/c1-39-16-36-38-29(39)28(21-14-43-15-21)20-9-25(18-5-6-18)37-27(10-20)40-12-23-22(30(40)42)7-19(8-24(23)31(32,33)34)26(13-41)35-11-17-3-2-4-17/h7-10,16-18,21,26,28,35,41H,2-6,11-15H2,1H3/t26-,28-/m0/s1. The number of carbonyl (C=O) groups is 1. The van der Waals surface area contributed by atoms with Crippen LogP contribution in [0, 0.1) is 11.8 Å². The summed E-state index contributed by atoms with van der Waals surface area (Å²) in [6.07, 6.45) is 2.20. The second-order valence-electron chi connectivity index (χ2n) is 12.5. The monoisotopic (exact) mass is 596 g/mol. The first-order chi connectivity index (χ1) is 20.7. The van der Waals surface area contributed by atoms with Crippen LogP contribution in [-0.2, 0) is 24.5 Å². The van der Waals surface area contributed by atoms with Crippen molar-refractivity contribution < 1.29 is 27.8 Å². The molecule has 4 aliphatic rings. The molecule has 0 bridgehead atoms. The molecule has 3 aromatic rings. The normalized spacial score (nSPS) is 20.6. The van der Waals surface area contributed by atoms with Crippen LogP contribution < -0.4 is 10.2 Å². The van der Waals surface area contributed by atoms with Gasteiger partial charge in [-0.25, -0.2) is 4.98 Å². The molecule has 2 aromatic heterocycles. The highest BCUT2D eigenvalue weighted by Crippen LogP contribution is 2.45. The number of aliphatic hydroxyl groups excluding tert-OH is 1. The molecular weight excluding hydrogens is 561 g/mol. The summed E-state index contributed by atoms with van der Waals surface area (Å²) in [5.41, 5.74) is 1.09. The number of aryl methyl sites for hydroxylation is 1. The summed E-state index contributed by atoms with van der Waals surface area (Å²) in [4.78, 5) is 20.1. The number of hydrogen-bond donors (Lipinski definition) is 2. The second kappa shape index (κ2) is 11.0. The van der Waals surface area contributed by atoms with E-state index in [0.717, 1.165) is 55.3 Å². The van der Waals surface area contributed by atoms with E-state index in [-0.39, 0.29) is 47.6 Å². The fourth-order valence-electron chi connectivity index (χ4n) is 6.48. The lowest BCUT2D eigenvalue weighted by Gasteiger charge is -2.34. The number of alkyl halides is 3. The van der Waals surface area contributed by atoms with Crippen LogP contribution in [0.3, 0.4) is 0 Å². The Morgan fingerprint density at radius 2 is 1.91 bits per heavy atom. The molecule has 2 aliphatic carbocycles. The van der Waals surface area contributed by atoms with Gasteiger partial charge in [0.25, 0.3) is 5.91 Å². The van der Waals surface area contributed by atoms with Crippen LogP contribution in [0.1, 0.15) is 94.1 Å². The van der Waals surface area contributed by atoms with E-state index in [1.807, 2.05) is 23.7 Å². The Balaban J connectivity index is 1.26. The van der Waals surface area contributed by atoms with Gasteiger partial charge in [-0.15, -0.1) is 10.2 Å². The predicted molar refractivity (Wildman–Crippen MR) is 150 cm³/mol. The molecule has 0 radical (unpaired) electrons. The number of benzene rings is 1. The summed E-state index contributed by atoms with van der Waals surface area (Å²) in [5, 5.41) is 21.8. The molecule has 228 valence electrons. The zero-order valence-electron chi connectivity index (χ0n) is 24.0. The van der Waals surface area contributed by atoms with E-state index in [0.29, 0.717) is 31.5 Å². The zero-order chi connectivity index (χ0) is 29.9. The Labute approximate surface area is 247 Å². The van der Waals surface area contributed by atoms with E-state index in [2.05, 4.69) is 15.5 Å². The molecule has 43 heavy (non-hydrogen) atoms. The number of hydrogen-bond acceptors (Lipinski definition) is 7. The van der Waals surface area contributed by atoms with Gasteiger partial charge in [-0.05, 0) is 79.1 Å². The highest BCUT2D eigenvalue weighted by Gasteiger charge is 2.42. The molecule has 0 unspecified atom stereocenters. The zero-order valence-corrected chi connectivity index (χ0v) is 24.0. The molecule has 1 saturated heterocycles.